The number of pyridine rings is 1. The number of sulfonamides is 1. The second-order valence-electron chi connectivity index (χ2n) is 7.45. The molecule has 0 saturated carbocycles. The van der Waals surface area contributed by atoms with Crippen molar-refractivity contribution in [3.05, 3.63) is 52.9 Å². The lowest BCUT2D eigenvalue weighted by molar-refractivity contribution is -0.125. The van der Waals surface area contributed by atoms with Crippen LogP contribution in [0.1, 0.15) is 12.8 Å². The average Bonchev–Trinajstić information content (AvgIpc) is 2.77. The Hall–Kier alpha value is -3.58. The quantitative estimate of drug-likeness (QED) is 0.260. The number of methoxy groups -OCH3 is 1. The number of ether oxygens (including phenoxy) is 1. The molecule has 1 saturated heterocycles. The van der Waals surface area contributed by atoms with Crippen LogP contribution in [0.25, 0.3) is 0 Å². The molecule has 1 aromatic carbocycles. The second kappa shape index (κ2) is 9.92. The van der Waals surface area contributed by atoms with Gasteiger partial charge in [-0.1, -0.05) is 6.07 Å². The van der Waals surface area contributed by atoms with Gasteiger partial charge < -0.3 is 30.4 Å². The van der Waals surface area contributed by atoms with Gasteiger partial charge in [-0.2, -0.15) is 0 Å². The van der Waals surface area contributed by atoms with Crippen LogP contribution in [0.4, 0.5) is 5.69 Å². The summed E-state index contributed by atoms with van der Waals surface area (Å²) in [6.45, 7) is 0.00859. The first-order valence-corrected chi connectivity index (χ1v) is 11.5. The Morgan fingerprint density at radius 2 is 2.09 bits per heavy atom. The molecule has 33 heavy (non-hydrogen) atoms. The molecule has 1 unspecified atom stereocenters. The standard InChI is InChI=1S/C20H26N6O6S/c1-32-13-5-2-6-14(11-13)33(30,31)24-16-8-3-9-25(18(16)28)12-17(27)23-15-7-4-10-26(19(15)29)20(21)22/h2-3,5-6,8-9,11,15,19,24,29H,4,7,10,12H2,1H3,(H3,21,22)(H,23,27)/t15-,19?/m0/s1. The summed E-state index contributed by atoms with van der Waals surface area (Å²) < 4.78 is 33.7. The highest BCUT2D eigenvalue weighted by Crippen LogP contribution is 2.19. The van der Waals surface area contributed by atoms with Crippen molar-refractivity contribution in [2.45, 2.75) is 36.6 Å². The molecule has 0 radical (unpaired) electrons. The number of aromatic nitrogens is 1. The third-order valence-corrected chi connectivity index (χ3v) is 6.54. The summed E-state index contributed by atoms with van der Waals surface area (Å²) in [5, 5.41) is 20.5. The van der Waals surface area contributed by atoms with Gasteiger partial charge in [-0.05, 0) is 37.1 Å². The molecule has 12 nitrogen and oxygen atoms in total. The number of aliphatic hydroxyl groups excluding tert-OH is 1. The lowest BCUT2D eigenvalue weighted by Gasteiger charge is -2.38. The summed E-state index contributed by atoms with van der Waals surface area (Å²) in [6.07, 6.45) is 1.29. The molecule has 1 amide bonds. The molecule has 1 aliphatic rings. The van der Waals surface area contributed by atoms with Crippen molar-refractivity contribution < 1.29 is 23.1 Å². The van der Waals surface area contributed by atoms with Crippen molar-refractivity contribution in [3.63, 3.8) is 0 Å². The van der Waals surface area contributed by atoms with Crippen LogP contribution in [0.15, 0.2) is 52.3 Å². The second-order valence-corrected chi connectivity index (χ2v) is 9.13. The first kappa shape index (κ1) is 24.1. The normalized spacial score (nSPS) is 18.4. The molecule has 0 bridgehead atoms. The molecule has 2 atom stereocenters. The van der Waals surface area contributed by atoms with Crippen molar-refractivity contribution >= 4 is 27.6 Å². The van der Waals surface area contributed by atoms with Crippen molar-refractivity contribution in [2.75, 3.05) is 18.4 Å². The molecule has 178 valence electrons. The van der Waals surface area contributed by atoms with E-state index in [0.717, 1.165) is 4.57 Å². The number of nitrogens with zero attached hydrogens (tertiary/aromatic N) is 2. The Bertz CT molecular complexity index is 1200. The number of hydrogen-bond donors (Lipinski definition) is 5. The SMILES string of the molecule is COc1cccc(S(=O)(=O)Nc2cccn(CC(=O)N[C@H]3CCCN(C(=N)N)C3O)c2=O)c1. The zero-order chi connectivity index (χ0) is 24.2. The zero-order valence-corrected chi connectivity index (χ0v) is 18.7. The molecule has 6 N–H and O–H groups in total. The smallest absolute Gasteiger partial charge is 0.275 e. The number of piperidine rings is 1. The molecule has 1 aliphatic heterocycles. The fourth-order valence-electron chi connectivity index (χ4n) is 3.51. The van der Waals surface area contributed by atoms with Crippen LogP contribution in [0.5, 0.6) is 5.75 Å². The lowest BCUT2D eigenvalue weighted by Crippen LogP contribution is -2.58. The van der Waals surface area contributed by atoms with E-state index in [2.05, 4.69) is 10.0 Å². The van der Waals surface area contributed by atoms with E-state index in [1.165, 1.54) is 48.5 Å². The van der Waals surface area contributed by atoms with Crippen LogP contribution >= 0.6 is 0 Å². The first-order valence-electron chi connectivity index (χ1n) is 10.1. The summed E-state index contributed by atoms with van der Waals surface area (Å²) in [5.74, 6) is -0.513. The molecule has 1 aromatic heterocycles. The molecule has 1 fully saturated rings. The maximum atomic E-state index is 12.8. The van der Waals surface area contributed by atoms with Gasteiger partial charge in [-0.25, -0.2) is 8.42 Å². The van der Waals surface area contributed by atoms with Crippen molar-refractivity contribution in [1.29, 1.82) is 5.41 Å². The third-order valence-electron chi connectivity index (χ3n) is 5.18. The van der Waals surface area contributed by atoms with Crippen LogP contribution in [0.3, 0.4) is 0 Å². The van der Waals surface area contributed by atoms with Crippen LogP contribution in [0, 0.1) is 5.41 Å². The van der Waals surface area contributed by atoms with Gasteiger partial charge in [-0.3, -0.25) is 19.7 Å². The Morgan fingerprint density at radius 3 is 2.79 bits per heavy atom. The third kappa shape index (κ3) is 5.62. The number of amides is 1. The number of anilines is 1. The summed E-state index contributed by atoms with van der Waals surface area (Å²) in [4.78, 5) is 26.5. The van der Waals surface area contributed by atoms with E-state index in [1.807, 2.05) is 0 Å². The zero-order valence-electron chi connectivity index (χ0n) is 17.9. The van der Waals surface area contributed by atoms with Gasteiger partial charge in [0.15, 0.2) is 5.96 Å². The summed E-state index contributed by atoms with van der Waals surface area (Å²) in [5.41, 5.74) is 4.51. The number of likely N-dealkylation sites (tertiary alicyclic amines) is 1. The van der Waals surface area contributed by atoms with Gasteiger partial charge in [-0.15, -0.1) is 0 Å². The van der Waals surface area contributed by atoms with Crippen LogP contribution in [-0.2, 0) is 21.4 Å². The molecule has 2 heterocycles. The highest BCUT2D eigenvalue weighted by Gasteiger charge is 2.31. The van der Waals surface area contributed by atoms with Gasteiger partial charge in [0.2, 0.25) is 5.91 Å². The van der Waals surface area contributed by atoms with Gasteiger partial charge >= 0.3 is 0 Å². The van der Waals surface area contributed by atoms with E-state index in [0.29, 0.717) is 25.1 Å². The maximum Gasteiger partial charge on any atom is 0.275 e. The fourth-order valence-corrected chi connectivity index (χ4v) is 4.60. The van der Waals surface area contributed by atoms with Crippen LogP contribution in [-0.4, -0.2) is 60.8 Å². The van der Waals surface area contributed by atoms with E-state index in [9.17, 15) is 23.1 Å². The minimum Gasteiger partial charge on any atom is -0.497 e. The molecular formula is C20H26N6O6S. The Labute approximate surface area is 190 Å². The maximum absolute atomic E-state index is 12.8. The van der Waals surface area contributed by atoms with Crippen LogP contribution in [0.2, 0.25) is 0 Å². The van der Waals surface area contributed by atoms with Gasteiger partial charge in [0.25, 0.3) is 15.6 Å². The number of carbonyl (C=O) groups excluding carboxylic acids is 1. The number of hydrogen-bond acceptors (Lipinski definition) is 7. The molecule has 2 aromatic rings. The predicted molar refractivity (Wildman–Crippen MR) is 120 cm³/mol. The van der Waals surface area contributed by atoms with E-state index in [-0.39, 0.29) is 16.5 Å². The van der Waals surface area contributed by atoms with Crippen molar-refractivity contribution in [3.8, 4) is 5.75 Å². The average molecular weight is 479 g/mol. The molecular weight excluding hydrogens is 452 g/mol. The minimum absolute atomic E-state index is 0.0873. The summed E-state index contributed by atoms with van der Waals surface area (Å²) >= 11 is 0. The molecule has 0 spiro atoms. The predicted octanol–water partition coefficient (Wildman–Crippen LogP) is -0.550. The monoisotopic (exact) mass is 478 g/mol. The minimum atomic E-state index is -4.07. The number of nitrogens with one attached hydrogen (secondary N) is 3. The van der Waals surface area contributed by atoms with Crippen molar-refractivity contribution in [2.24, 2.45) is 5.73 Å². The number of rotatable bonds is 7. The molecule has 3 rings (SSSR count). The Morgan fingerprint density at radius 1 is 1.33 bits per heavy atom. The van der Waals surface area contributed by atoms with E-state index >= 15 is 0 Å². The highest BCUT2D eigenvalue weighted by atomic mass is 32.2. The number of carbonyl (C=O) groups is 1. The van der Waals surface area contributed by atoms with Gasteiger partial charge in [0.1, 0.15) is 24.2 Å². The van der Waals surface area contributed by atoms with Gasteiger partial charge in [0.05, 0.1) is 18.0 Å². The highest BCUT2D eigenvalue weighted by molar-refractivity contribution is 7.92. The topological polar surface area (TPSA) is 180 Å². The summed E-state index contributed by atoms with van der Waals surface area (Å²) in [7, 11) is -2.67. The number of aliphatic hydroxyl groups is 1. The van der Waals surface area contributed by atoms with E-state index < -0.39 is 40.3 Å². The number of guanidine groups is 1. The Balaban J connectivity index is 1.73. The van der Waals surface area contributed by atoms with E-state index in [1.54, 1.807) is 6.07 Å². The van der Waals surface area contributed by atoms with E-state index in [4.69, 9.17) is 15.9 Å². The molecule has 13 heteroatoms. The largest absolute Gasteiger partial charge is 0.497 e. The first-order chi connectivity index (χ1) is 15.6. The lowest BCUT2D eigenvalue weighted by atomic mass is 10.0. The fraction of sp³-hybridized carbons (Fsp3) is 0.350. The Kier molecular flexibility index (Phi) is 7.23. The number of nitrogens with two attached hydrogens (primary N) is 1. The summed E-state index contributed by atoms with van der Waals surface area (Å²) in [6, 6.07) is 7.84. The van der Waals surface area contributed by atoms with Gasteiger partial charge in [0, 0.05) is 18.8 Å². The number of benzene rings is 1. The van der Waals surface area contributed by atoms with Crippen molar-refractivity contribution in [1.82, 2.24) is 14.8 Å². The van der Waals surface area contributed by atoms with Crippen LogP contribution < -0.4 is 26.1 Å². The molecule has 0 aliphatic carbocycles.